The number of nitrogens with zero attached hydrogens (tertiary/aromatic N) is 2. The van der Waals surface area contributed by atoms with Crippen LogP contribution in [0.15, 0.2) is 18.2 Å². The van der Waals surface area contributed by atoms with Crippen molar-refractivity contribution >= 4 is 34.9 Å². The zero-order chi connectivity index (χ0) is 20.9. The molecular formula is C21H29ClN4O4. The molecule has 3 heterocycles. The first-order valence-electron chi connectivity index (χ1n) is 10.7. The number of benzene rings is 1. The molecule has 0 bridgehead atoms. The fourth-order valence-electron chi connectivity index (χ4n) is 4.20. The van der Waals surface area contributed by atoms with Crippen molar-refractivity contribution in [3.8, 4) is 0 Å². The quantitative estimate of drug-likeness (QED) is 0.715. The van der Waals surface area contributed by atoms with Gasteiger partial charge in [-0.1, -0.05) is 11.6 Å². The maximum Gasteiger partial charge on any atom is 0.322 e. The van der Waals surface area contributed by atoms with Crippen LogP contribution in [0.1, 0.15) is 25.7 Å². The highest BCUT2D eigenvalue weighted by molar-refractivity contribution is 6.33. The number of anilines is 2. The van der Waals surface area contributed by atoms with E-state index in [0.717, 1.165) is 44.6 Å². The number of urea groups is 1. The molecule has 3 aliphatic heterocycles. The van der Waals surface area contributed by atoms with Crippen molar-refractivity contribution in [1.82, 2.24) is 10.2 Å². The van der Waals surface area contributed by atoms with Crippen LogP contribution in [0.5, 0.6) is 0 Å². The van der Waals surface area contributed by atoms with Gasteiger partial charge in [-0.2, -0.15) is 0 Å². The molecular weight excluding hydrogens is 408 g/mol. The topological polar surface area (TPSA) is 83.1 Å². The molecule has 1 aromatic carbocycles. The number of halogens is 1. The van der Waals surface area contributed by atoms with E-state index in [-0.39, 0.29) is 30.7 Å². The molecule has 3 saturated heterocycles. The van der Waals surface area contributed by atoms with Gasteiger partial charge in [0.15, 0.2) is 0 Å². The molecule has 4 rings (SSSR count). The lowest BCUT2D eigenvalue weighted by Crippen LogP contribution is -2.47. The molecule has 0 aliphatic carbocycles. The number of amides is 3. The van der Waals surface area contributed by atoms with Gasteiger partial charge in [0.05, 0.1) is 29.5 Å². The van der Waals surface area contributed by atoms with E-state index in [2.05, 4.69) is 10.6 Å². The standard InChI is InChI=1S/C21H29ClN4O4/c22-18-11-15(5-6-19(18)25-8-7-23-20(27)14-25)24-21(28)26(12-16-3-1-9-29-16)13-17-4-2-10-30-17/h5-6,11,16-17H,1-4,7-10,12-14H2,(H,23,27)(H,24,28)/t16-,17+. The number of rotatable bonds is 6. The van der Waals surface area contributed by atoms with Crippen LogP contribution in [-0.4, -0.2) is 75.0 Å². The second-order valence-corrected chi connectivity index (χ2v) is 8.45. The van der Waals surface area contributed by atoms with Crippen molar-refractivity contribution in [3.63, 3.8) is 0 Å². The maximum absolute atomic E-state index is 13.0. The molecule has 9 heteroatoms. The smallest absolute Gasteiger partial charge is 0.322 e. The Morgan fingerprint density at radius 1 is 1.20 bits per heavy atom. The lowest BCUT2D eigenvalue weighted by Gasteiger charge is -2.30. The summed E-state index contributed by atoms with van der Waals surface area (Å²) in [5.41, 5.74) is 1.42. The molecule has 0 unspecified atom stereocenters. The summed E-state index contributed by atoms with van der Waals surface area (Å²) in [4.78, 5) is 28.4. The number of ether oxygens (including phenoxy) is 2. The highest BCUT2D eigenvalue weighted by Gasteiger charge is 2.27. The largest absolute Gasteiger partial charge is 0.376 e. The van der Waals surface area contributed by atoms with Crippen molar-refractivity contribution in [2.75, 3.05) is 56.2 Å². The summed E-state index contributed by atoms with van der Waals surface area (Å²) in [5.74, 6) is -0.0198. The first-order chi connectivity index (χ1) is 14.6. The molecule has 2 atom stereocenters. The van der Waals surface area contributed by atoms with Gasteiger partial charge >= 0.3 is 6.03 Å². The van der Waals surface area contributed by atoms with Crippen molar-refractivity contribution in [1.29, 1.82) is 0 Å². The predicted molar refractivity (Wildman–Crippen MR) is 115 cm³/mol. The van der Waals surface area contributed by atoms with Crippen molar-refractivity contribution < 1.29 is 19.1 Å². The number of hydrogen-bond donors (Lipinski definition) is 2. The number of carbonyl (C=O) groups excluding carboxylic acids is 2. The van der Waals surface area contributed by atoms with Gasteiger partial charge in [0, 0.05) is 45.1 Å². The molecule has 0 saturated carbocycles. The Labute approximate surface area is 181 Å². The Balaban J connectivity index is 1.41. The zero-order valence-electron chi connectivity index (χ0n) is 17.1. The Kier molecular flexibility index (Phi) is 6.97. The van der Waals surface area contributed by atoms with Crippen LogP contribution >= 0.6 is 11.6 Å². The van der Waals surface area contributed by atoms with Gasteiger partial charge in [-0.3, -0.25) is 4.79 Å². The van der Waals surface area contributed by atoms with E-state index in [1.165, 1.54) is 0 Å². The van der Waals surface area contributed by atoms with E-state index in [0.29, 0.717) is 36.9 Å². The van der Waals surface area contributed by atoms with Crippen molar-refractivity contribution in [3.05, 3.63) is 23.2 Å². The van der Waals surface area contributed by atoms with Gasteiger partial charge in [0.25, 0.3) is 0 Å². The third-order valence-electron chi connectivity index (χ3n) is 5.76. The first kappa shape index (κ1) is 21.2. The summed E-state index contributed by atoms with van der Waals surface area (Å²) >= 11 is 6.47. The third kappa shape index (κ3) is 5.36. The van der Waals surface area contributed by atoms with Gasteiger partial charge in [-0.05, 0) is 43.9 Å². The van der Waals surface area contributed by atoms with E-state index < -0.39 is 0 Å². The van der Waals surface area contributed by atoms with Crippen LogP contribution in [-0.2, 0) is 14.3 Å². The lowest BCUT2D eigenvalue weighted by molar-refractivity contribution is -0.120. The molecule has 0 spiro atoms. The first-order valence-corrected chi connectivity index (χ1v) is 11.1. The summed E-state index contributed by atoms with van der Waals surface area (Å²) in [6.07, 6.45) is 4.16. The van der Waals surface area contributed by atoms with E-state index >= 15 is 0 Å². The maximum atomic E-state index is 13.0. The minimum atomic E-state index is -0.179. The monoisotopic (exact) mass is 436 g/mol. The Morgan fingerprint density at radius 3 is 2.47 bits per heavy atom. The molecule has 30 heavy (non-hydrogen) atoms. The molecule has 0 radical (unpaired) electrons. The van der Waals surface area contributed by atoms with Crippen molar-refractivity contribution in [2.45, 2.75) is 37.9 Å². The average molecular weight is 437 g/mol. The summed E-state index contributed by atoms with van der Waals surface area (Å²) in [6.45, 7) is 4.20. The molecule has 2 N–H and O–H groups in total. The van der Waals surface area contributed by atoms with Gasteiger partial charge in [-0.15, -0.1) is 0 Å². The van der Waals surface area contributed by atoms with E-state index in [1.54, 1.807) is 11.0 Å². The lowest BCUT2D eigenvalue weighted by atomic mass is 10.2. The average Bonchev–Trinajstić information content (AvgIpc) is 3.42. The van der Waals surface area contributed by atoms with Crippen molar-refractivity contribution in [2.24, 2.45) is 0 Å². The summed E-state index contributed by atoms with van der Waals surface area (Å²) < 4.78 is 11.5. The normalized spacial score (nSPS) is 24.0. The summed E-state index contributed by atoms with van der Waals surface area (Å²) in [6, 6.07) is 5.22. The fourth-order valence-corrected chi connectivity index (χ4v) is 4.50. The molecule has 164 valence electrons. The van der Waals surface area contributed by atoms with E-state index in [1.807, 2.05) is 17.0 Å². The van der Waals surface area contributed by atoms with Crippen LogP contribution in [0.2, 0.25) is 5.02 Å². The Bertz CT molecular complexity index is 747. The van der Waals surface area contributed by atoms with Gasteiger partial charge in [0.2, 0.25) is 5.91 Å². The second-order valence-electron chi connectivity index (χ2n) is 8.04. The van der Waals surface area contributed by atoms with E-state index in [9.17, 15) is 9.59 Å². The minimum Gasteiger partial charge on any atom is -0.376 e. The predicted octanol–water partition coefficient (Wildman–Crippen LogP) is 2.47. The SMILES string of the molecule is O=C1CN(c2ccc(NC(=O)N(C[C@H]3CCCO3)C[C@@H]3CCCO3)cc2Cl)CCN1. The van der Waals surface area contributed by atoms with Crippen LogP contribution < -0.4 is 15.5 Å². The molecule has 8 nitrogen and oxygen atoms in total. The number of piperazine rings is 1. The molecule has 3 amide bonds. The fraction of sp³-hybridized carbons (Fsp3) is 0.619. The van der Waals surface area contributed by atoms with Crippen LogP contribution in [0.4, 0.5) is 16.2 Å². The Hall–Kier alpha value is -2.03. The summed E-state index contributed by atoms with van der Waals surface area (Å²) in [7, 11) is 0. The number of hydrogen-bond acceptors (Lipinski definition) is 5. The molecule has 1 aromatic rings. The van der Waals surface area contributed by atoms with Crippen LogP contribution in [0.25, 0.3) is 0 Å². The molecule has 3 aliphatic rings. The molecule has 0 aromatic heterocycles. The van der Waals surface area contributed by atoms with E-state index in [4.69, 9.17) is 21.1 Å². The summed E-state index contributed by atoms with van der Waals surface area (Å²) in [5, 5.41) is 6.27. The highest BCUT2D eigenvalue weighted by atomic mass is 35.5. The minimum absolute atomic E-state index is 0.0198. The highest BCUT2D eigenvalue weighted by Crippen LogP contribution is 2.29. The van der Waals surface area contributed by atoms with Crippen LogP contribution in [0.3, 0.4) is 0 Å². The Morgan fingerprint density at radius 2 is 1.90 bits per heavy atom. The second kappa shape index (κ2) is 9.85. The van der Waals surface area contributed by atoms with Gasteiger partial charge in [-0.25, -0.2) is 4.79 Å². The van der Waals surface area contributed by atoms with Crippen LogP contribution in [0, 0.1) is 0 Å². The third-order valence-corrected chi connectivity index (χ3v) is 6.06. The van der Waals surface area contributed by atoms with Gasteiger partial charge < -0.3 is 29.9 Å². The molecule has 3 fully saturated rings. The number of carbonyl (C=O) groups is 2. The van der Waals surface area contributed by atoms with Gasteiger partial charge in [0.1, 0.15) is 0 Å². The number of nitrogens with one attached hydrogen (secondary N) is 2. The zero-order valence-corrected chi connectivity index (χ0v) is 17.8.